The molecule has 1 unspecified atom stereocenters. The molecule has 1 aromatic rings. The minimum Gasteiger partial charge on any atom is -0.383 e. The fraction of sp³-hybridized carbons (Fsp3) is 0.750. The van der Waals surface area contributed by atoms with Crippen LogP contribution in [0.2, 0.25) is 0 Å². The predicted molar refractivity (Wildman–Crippen MR) is 68.9 cm³/mol. The minimum absolute atomic E-state index is 0.396. The zero-order chi connectivity index (χ0) is 12.5. The number of rotatable bonds is 9. The largest absolute Gasteiger partial charge is 0.383 e. The summed E-state index contributed by atoms with van der Waals surface area (Å²) >= 11 is 0. The normalized spacial score (nSPS) is 12.9. The highest BCUT2D eigenvalue weighted by molar-refractivity contribution is 4.99. The average Bonchev–Trinajstić information content (AvgIpc) is 2.72. The summed E-state index contributed by atoms with van der Waals surface area (Å²) < 4.78 is 7.01. The summed E-state index contributed by atoms with van der Waals surface area (Å²) in [6, 6.07) is 2.44. The highest BCUT2D eigenvalue weighted by Crippen LogP contribution is 1.99. The molecule has 0 saturated carbocycles. The molecule has 0 aliphatic rings. The van der Waals surface area contributed by atoms with Crippen molar-refractivity contribution in [1.29, 1.82) is 0 Å². The number of nitrogens with two attached hydrogens (primary N) is 1. The summed E-state index contributed by atoms with van der Waals surface area (Å²) in [5, 5.41) is 7.82. The first-order valence-corrected chi connectivity index (χ1v) is 6.17. The highest BCUT2D eigenvalue weighted by Gasteiger charge is 2.07. The Hall–Kier alpha value is -0.910. The molecule has 1 rings (SSSR count). The second-order valence-corrected chi connectivity index (χ2v) is 4.27. The van der Waals surface area contributed by atoms with Crippen LogP contribution >= 0.6 is 0 Å². The molecule has 0 spiro atoms. The number of nitrogens with one attached hydrogen (secondary N) is 1. The van der Waals surface area contributed by atoms with E-state index in [1.807, 2.05) is 24.0 Å². The molecule has 0 fully saturated rings. The van der Waals surface area contributed by atoms with Crippen LogP contribution in [0.1, 0.15) is 18.5 Å². The molecule has 0 radical (unpaired) electrons. The lowest BCUT2D eigenvalue weighted by atomic mass is 10.1. The summed E-state index contributed by atoms with van der Waals surface area (Å²) in [6.45, 7) is 2.40. The molecular formula is C12H24N4O. The van der Waals surface area contributed by atoms with Gasteiger partial charge in [-0.15, -0.1) is 0 Å². The van der Waals surface area contributed by atoms with Gasteiger partial charge in [0.2, 0.25) is 0 Å². The Kier molecular flexibility index (Phi) is 6.84. The molecule has 0 aliphatic heterocycles. The summed E-state index contributed by atoms with van der Waals surface area (Å²) in [6.07, 6.45) is 5.01. The van der Waals surface area contributed by atoms with Gasteiger partial charge in [0.15, 0.2) is 0 Å². The molecule has 3 N–H and O–H groups in total. The van der Waals surface area contributed by atoms with E-state index in [1.54, 1.807) is 7.11 Å². The van der Waals surface area contributed by atoms with Crippen molar-refractivity contribution in [3.05, 3.63) is 18.0 Å². The zero-order valence-corrected chi connectivity index (χ0v) is 10.9. The summed E-state index contributed by atoms with van der Waals surface area (Å²) in [5.74, 6) is 0. The van der Waals surface area contributed by atoms with Crippen LogP contribution < -0.4 is 11.1 Å². The van der Waals surface area contributed by atoms with Gasteiger partial charge in [0.05, 0.1) is 12.3 Å². The quantitative estimate of drug-likeness (QED) is 0.652. The smallest absolute Gasteiger partial charge is 0.0637 e. The molecule has 1 atom stereocenters. The fourth-order valence-electron chi connectivity index (χ4n) is 1.81. The van der Waals surface area contributed by atoms with Crippen LogP contribution in [0.3, 0.4) is 0 Å². The fourth-order valence-corrected chi connectivity index (χ4v) is 1.81. The number of ether oxygens (including phenoxy) is 1. The van der Waals surface area contributed by atoms with Gasteiger partial charge in [-0.05, 0) is 25.5 Å². The third kappa shape index (κ3) is 5.81. The second-order valence-electron chi connectivity index (χ2n) is 4.27. The molecule has 5 nitrogen and oxygen atoms in total. The van der Waals surface area contributed by atoms with Crippen molar-refractivity contribution in [2.45, 2.75) is 25.3 Å². The lowest BCUT2D eigenvalue weighted by Crippen LogP contribution is -2.35. The van der Waals surface area contributed by atoms with E-state index >= 15 is 0 Å². The van der Waals surface area contributed by atoms with Crippen LogP contribution in [0, 0.1) is 0 Å². The number of aromatic nitrogens is 2. The summed E-state index contributed by atoms with van der Waals surface area (Å²) in [5.41, 5.74) is 6.63. The van der Waals surface area contributed by atoms with E-state index in [4.69, 9.17) is 10.5 Å². The van der Waals surface area contributed by atoms with Crippen LogP contribution in [0.5, 0.6) is 0 Å². The van der Waals surface area contributed by atoms with E-state index < -0.39 is 0 Å². The third-order valence-electron chi connectivity index (χ3n) is 2.71. The van der Waals surface area contributed by atoms with Crippen LogP contribution in [0.25, 0.3) is 0 Å². The van der Waals surface area contributed by atoms with Crippen LogP contribution in [-0.2, 0) is 18.2 Å². The van der Waals surface area contributed by atoms with Crippen molar-refractivity contribution >= 4 is 0 Å². The number of methoxy groups -OCH3 is 1. The molecule has 98 valence electrons. The molecule has 17 heavy (non-hydrogen) atoms. The van der Waals surface area contributed by atoms with Gasteiger partial charge in [0.25, 0.3) is 0 Å². The lowest BCUT2D eigenvalue weighted by Gasteiger charge is -2.17. The molecule has 0 bridgehead atoms. The molecule has 0 aliphatic carbocycles. The Bertz CT molecular complexity index is 300. The van der Waals surface area contributed by atoms with Crippen LogP contribution in [0.4, 0.5) is 0 Å². The molecule has 0 saturated heterocycles. The maximum atomic E-state index is 5.51. The van der Waals surface area contributed by atoms with E-state index in [2.05, 4.69) is 10.4 Å². The SMILES string of the molecule is COCC(CCCN)NCCc1ccn(C)n1. The van der Waals surface area contributed by atoms with Gasteiger partial charge in [-0.2, -0.15) is 5.10 Å². The van der Waals surface area contributed by atoms with Gasteiger partial charge in [0, 0.05) is 39.4 Å². The maximum Gasteiger partial charge on any atom is 0.0637 e. The van der Waals surface area contributed by atoms with Crippen molar-refractivity contribution in [3.8, 4) is 0 Å². The predicted octanol–water partition coefficient (Wildman–Crippen LogP) is 0.306. The molecule has 0 aromatic carbocycles. The standard InChI is InChI=1S/C12H24N4O/c1-16-9-6-11(15-16)5-8-14-12(10-17-2)4-3-7-13/h6,9,12,14H,3-5,7-8,10,13H2,1-2H3. The van der Waals surface area contributed by atoms with Crippen molar-refractivity contribution < 1.29 is 4.74 Å². The molecule has 1 aromatic heterocycles. The van der Waals surface area contributed by atoms with Gasteiger partial charge >= 0.3 is 0 Å². The zero-order valence-electron chi connectivity index (χ0n) is 10.9. The van der Waals surface area contributed by atoms with E-state index in [0.29, 0.717) is 6.04 Å². The van der Waals surface area contributed by atoms with E-state index in [1.165, 1.54) is 0 Å². The Morgan fingerprint density at radius 2 is 2.41 bits per heavy atom. The van der Waals surface area contributed by atoms with Gasteiger partial charge in [-0.25, -0.2) is 0 Å². The van der Waals surface area contributed by atoms with Crippen LogP contribution in [0.15, 0.2) is 12.3 Å². The molecule has 1 heterocycles. The number of hydrogen-bond acceptors (Lipinski definition) is 4. The van der Waals surface area contributed by atoms with Crippen molar-refractivity contribution in [3.63, 3.8) is 0 Å². The van der Waals surface area contributed by atoms with Crippen LogP contribution in [-0.4, -0.2) is 42.6 Å². The minimum atomic E-state index is 0.396. The summed E-state index contributed by atoms with van der Waals surface area (Å²) in [7, 11) is 3.67. The van der Waals surface area contributed by atoms with Gasteiger partial charge < -0.3 is 15.8 Å². The van der Waals surface area contributed by atoms with Crippen molar-refractivity contribution in [2.75, 3.05) is 26.8 Å². The lowest BCUT2D eigenvalue weighted by molar-refractivity contribution is 0.162. The monoisotopic (exact) mass is 240 g/mol. The number of nitrogens with zero attached hydrogens (tertiary/aromatic N) is 2. The van der Waals surface area contributed by atoms with E-state index in [9.17, 15) is 0 Å². The van der Waals surface area contributed by atoms with Gasteiger partial charge in [0.1, 0.15) is 0 Å². The Morgan fingerprint density at radius 3 is 3.00 bits per heavy atom. The van der Waals surface area contributed by atoms with E-state index in [0.717, 1.165) is 44.7 Å². The van der Waals surface area contributed by atoms with Crippen molar-refractivity contribution in [2.24, 2.45) is 12.8 Å². The summed E-state index contributed by atoms with van der Waals surface area (Å²) in [4.78, 5) is 0. The maximum absolute atomic E-state index is 5.51. The number of aryl methyl sites for hydroxylation is 1. The molecule has 0 amide bonds. The molecule has 5 heteroatoms. The Labute approximate surface area is 103 Å². The first-order chi connectivity index (χ1) is 8.26. The van der Waals surface area contributed by atoms with Gasteiger partial charge in [-0.1, -0.05) is 0 Å². The second kappa shape index (κ2) is 8.22. The number of hydrogen-bond donors (Lipinski definition) is 2. The van der Waals surface area contributed by atoms with Crippen molar-refractivity contribution in [1.82, 2.24) is 15.1 Å². The first-order valence-electron chi connectivity index (χ1n) is 6.17. The third-order valence-corrected chi connectivity index (χ3v) is 2.71. The Morgan fingerprint density at radius 1 is 1.59 bits per heavy atom. The highest BCUT2D eigenvalue weighted by atomic mass is 16.5. The molecular weight excluding hydrogens is 216 g/mol. The van der Waals surface area contributed by atoms with E-state index in [-0.39, 0.29) is 0 Å². The Balaban J connectivity index is 2.21. The average molecular weight is 240 g/mol. The first kappa shape index (κ1) is 14.2. The van der Waals surface area contributed by atoms with Gasteiger partial charge in [-0.3, -0.25) is 4.68 Å². The topological polar surface area (TPSA) is 65.1 Å².